The molecule has 0 spiro atoms. The highest BCUT2D eigenvalue weighted by Gasteiger charge is 2.45. The Morgan fingerprint density at radius 2 is 1.71 bits per heavy atom. The van der Waals surface area contributed by atoms with Crippen molar-refractivity contribution in [3.8, 4) is 11.1 Å². The molecule has 2 N–H and O–H groups in total. The van der Waals surface area contributed by atoms with E-state index < -0.39 is 29.7 Å². The summed E-state index contributed by atoms with van der Waals surface area (Å²) in [5, 5.41) is 14.0. The molecule has 5 aromatic rings. The quantitative estimate of drug-likeness (QED) is 0.130. The van der Waals surface area contributed by atoms with Crippen LogP contribution in [-0.2, 0) is 27.3 Å². The van der Waals surface area contributed by atoms with Gasteiger partial charge in [-0.3, -0.25) is 38.6 Å². The summed E-state index contributed by atoms with van der Waals surface area (Å²) in [6.07, 6.45) is 9.74. The number of hydrogen-bond acceptors (Lipinski definition) is 11. The molecule has 0 bridgehead atoms. The molecule has 3 aliphatic rings. The first-order chi connectivity index (χ1) is 26.9. The number of piperidine rings is 1. The Balaban J connectivity index is 0.773. The average Bonchev–Trinajstić information content (AvgIpc) is 3.97. The number of aryl methyl sites for hydroxylation is 1. The Morgan fingerprint density at radius 1 is 0.891 bits per heavy atom. The molecule has 55 heavy (non-hydrogen) atoms. The Morgan fingerprint density at radius 3 is 2.49 bits per heavy atom. The first-order valence-corrected chi connectivity index (χ1v) is 18.8. The molecular weight excluding hydrogens is 702 g/mol. The highest BCUT2D eigenvalue weighted by molar-refractivity contribution is 6.24. The second kappa shape index (κ2) is 15.5. The van der Waals surface area contributed by atoms with Crippen LogP contribution in [0, 0.1) is 0 Å². The molecule has 2 fully saturated rings. The molecule has 5 amide bonds. The number of carbonyl (C=O) groups is 5. The van der Waals surface area contributed by atoms with E-state index in [1.165, 1.54) is 0 Å². The van der Waals surface area contributed by atoms with Crippen molar-refractivity contribution in [1.82, 2.24) is 34.7 Å². The number of carbonyl (C=O) groups excluding carboxylic acids is 5. The molecule has 0 aliphatic carbocycles. The van der Waals surface area contributed by atoms with E-state index >= 15 is 0 Å². The van der Waals surface area contributed by atoms with Crippen molar-refractivity contribution in [3.63, 3.8) is 0 Å². The van der Waals surface area contributed by atoms with Gasteiger partial charge in [-0.25, -0.2) is 4.98 Å². The molecule has 1 unspecified atom stereocenters. The largest absolute Gasteiger partial charge is 0.467 e. The van der Waals surface area contributed by atoms with E-state index in [0.29, 0.717) is 55.2 Å². The van der Waals surface area contributed by atoms with E-state index in [1.807, 2.05) is 27.5 Å². The Hall–Kier alpha value is -6.38. The zero-order valence-electron chi connectivity index (χ0n) is 30.3. The summed E-state index contributed by atoms with van der Waals surface area (Å²) in [6.45, 7) is 3.32. The Labute approximate surface area is 316 Å². The molecular formula is C40H41N9O6. The van der Waals surface area contributed by atoms with Gasteiger partial charge in [-0.1, -0.05) is 37.1 Å². The summed E-state index contributed by atoms with van der Waals surface area (Å²) < 4.78 is 7.24. The minimum Gasteiger partial charge on any atom is -0.467 e. The number of benzene rings is 2. The maximum absolute atomic E-state index is 13.4. The molecule has 6 heterocycles. The van der Waals surface area contributed by atoms with E-state index in [9.17, 15) is 24.0 Å². The minimum atomic E-state index is -0.979. The fraction of sp³-hybridized carbons (Fsp3) is 0.350. The average molecular weight is 744 g/mol. The van der Waals surface area contributed by atoms with Crippen LogP contribution in [-0.4, -0.2) is 91.1 Å². The third-order valence-corrected chi connectivity index (χ3v) is 10.7. The highest BCUT2D eigenvalue weighted by Crippen LogP contribution is 2.31. The number of imide groups is 2. The zero-order chi connectivity index (χ0) is 37.9. The SMILES string of the molecule is O=C1CCC(N2C(=O)c3cccc(CCCCCCC(=O)N4CCN(c5ccc(-c6cnc(NCc7ccco7)n7cnnc67)cc5)CC4)c3C2=O)C(=O)N1. The van der Waals surface area contributed by atoms with Gasteiger partial charge in [0.1, 0.15) is 18.1 Å². The van der Waals surface area contributed by atoms with Crippen molar-refractivity contribution in [1.29, 1.82) is 0 Å². The van der Waals surface area contributed by atoms with Crippen LogP contribution in [0.2, 0.25) is 0 Å². The number of aromatic nitrogens is 4. The molecule has 2 saturated heterocycles. The summed E-state index contributed by atoms with van der Waals surface area (Å²) >= 11 is 0. The van der Waals surface area contributed by atoms with Crippen molar-refractivity contribution in [2.75, 3.05) is 36.4 Å². The molecule has 15 nitrogen and oxygen atoms in total. The molecule has 0 saturated carbocycles. The van der Waals surface area contributed by atoms with Crippen molar-refractivity contribution < 1.29 is 28.4 Å². The van der Waals surface area contributed by atoms with Crippen LogP contribution in [0.15, 0.2) is 77.8 Å². The van der Waals surface area contributed by atoms with Gasteiger partial charge in [0.05, 0.1) is 23.9 Å². The third-order valence-electron chi connectivity index (χ3n) is 10.7. The lowest BCUT2D eigenvalue weighted by Crippen LogP contribution is -2.54. The fourth-order valence-electron chi connectivity index (χ4n) is 7.70. The van der Waals surface area contributed by atoms with Gasteiger partial charge in [0.15, 0.2) is 5.65 Å². The smallest absolute Gasteiger partial charge is 0.262 e. The maximum Gasteiger partial charge on any atom is 0.262 e. The number of anilines is 2. The van der Waals surface area contributed by atoms with Crippen LogP contribution in [0.1, 0.15) is 77.0 Å². The summed E-state index contributed by atoms with van der Waals surface area (Å²) in [4.78, 5) is 73.4. The van der Waals surface area contributed by atoms with Gasteiger partial charge in [0.25, 0.3) is 11.8 Å². The second-order valence-electron chi connectivity index (χ2n) is 14.1. The van der Waals surface area contributed by atoms with Gasteiger partial charge in [-0.2, -0.15) is 0 Å². The number of amides is 5. The number of rotatable bonds is 13. The highest BCUT2D eigenvalue weighted by atomic mass is 16.3. The first kappa shape index (κ1) is 35.6. The molecule has 282 valence electrons. The summed E-state index contributed by atoms with van der Waals surface area (Å²) in [5.74, 6) is -0.391. The number of unbranched alkanes of at least 4 members (excludes halogenated alkanes) is 3. The zero-order valence-corrected chi connectivity index (χ0v) is 30.3. The number of fused-ring (bicyclic) bond motifs is 2. The van der Waals surface area contributed by atoms with Crippen molar-refractivity contribution in [2.45, 2.75) is 64.0 Å². The van der Waals surface area contributed by atoms with E-state index in [4.69, 9.17) is 4.42 Å². The standard InChI is InChI=1S/C40H41N9O6/c50-33-17-16-32(37(52)44-33)49-38(53)30-10-5-8-27(35(30)39(49)54)7-3-1-2-4-11-34(51)47-20-18-46(19-21-47)28-14-12-26(13-15-28)31-24-42-40(48-25-43-45-36(31)48)41-23-29-9-6-22-55-29/h5-6,8-10,12-15,22,24-25,32H,1-4,7,11,16-21,23H2,(H,41,42)(H,44,50,52). The van der Waals surface area contributed by atoms with Gasteiger partial charge >= 0.3 is 0 Å². The van der Waals surface area contributed by atoms with Crippen LogP contribution >= 0.6 is 0 Å². The molecule has 0 radical (unpaired) electrons. The van der Waals surface area contributed by atoms with E-state index in [2.05, 4.69) is 55.0 Å². The molecule has 15 heteroatoms. The van der Waals surface area contributed by atoms with Crippen LogP contribution in [0.5, 0.6) is 0 Å². The molecule has 8 rings (SSSR count). The van der Waals surface area contributed by atoms with E-state index in [1.54, 1.807) is 30.9 Å². The predicted molar refractivity (Wildman–Crippen MR) is 201 cm³/mol. The number of furan rings is 1. The van der Waals surface area contributed by atoms with Gasteiger partial charge < -0.3 is 19.5 Å². The third kappa shape index (κ3) is 7.29. The predicted octanol–water partition coefficient (Wildman–Crippen LogP) is 4.24. The fourth-order valence-corrected chi connectivity index (χ4v) is 7.70. The summed E-state index contributed by atoms with van der Waals surface area (Å²) in [6, 6.07) is 16.3. The number of hydrogen-bond donors (Lipinski definition) is 2. The van der Waals surface area contributed by atoms with Crippen LogP contribution < -0.4 is 15.5 Å². The van der Waals surface area contributed by atoms with Crippen molar-refractivity contribution >= 4 is 46.8 Å². The van der Waals surface area contributed by atoms with Gasteiger partial charge in [0.2, 0.25) is 23.7 Å². The van der Waals surface area contributed by atoms with Crippen LogP contribution in [0.3, 0.4) is 0 Å². The monoisotopic (exact) mass is 743 g/mol. The number of piperazine rings is 1. The van der Waals surface area contributed by atoms with Crippen molar-refractivity contribution in [3.05, 3.63) is 95.8 Å². The molecule has 1 atom stereocenters. The lowest BCUT2D eigenvalue weighted by molar-refractivity contribution is -0.136. The maximum atomic E-state index is 13.4. The van der Waals surface area contributed by atoms with Gasteiger partial charge in [-0.05, 0) is 67.1 Å². The minimum absolute atomic E-state index is 0.0853. The first-order valence-electron chi connectivity index (χ1n) is 18.8. The normalized spacial score (nSPS) is 17.2. The van der Waals surface area contributed by atoms with Crippen molar-refractivity contribution in [2.24, 2.45) is 0 Å². The lowest BCUT2D eigenvalue weighted by atomic mass is 9.97. The van der Waals surface area contributed by atoms with Crippen LogP contribution in [0.4, 0.5) is 11.6 Å². The number of nitrogens with one attached hydrogen (secondary N) is 2. The van der Waals surface area contributed by atoms with E-state index in [0.717, 1.165) is 71.8 Å². The van der Waals surface area contributed by atoms with Gasteiger partial charge in [0, 0.05) is 56.5 Å². The lowest BCUT2D eigenvalue weighted by Gasteiger charge is -2.36. The molecule has 3 aliphatic heterocycles. The Kier molecular flexibility index (Phi) is 10.1. The summed E-state index contributed by atoms with van der Waals surface area (Å²) in [7, 11) is 0. The van der Waals surface area contributed by atoms with Gasteiger partial charge in [-0.15, -0.1) is 10.2 Å². The molecule has 2 aromatic carbocycles. The molecule has 3 aromatic heterocycles. The van der Waals surface area contributed by atoms with Crippen LogP contribution in [0.25, 0.3) is 16.8 Å². The van der Waals surface area contributed by atoms with E-state index in [-0.39, 0.29) is 18.7 Å². The second-order valence-corrected chi connectivity index (χ2v) is 14.1. The topological polar surface area (TPSA) is 175 Å². The summed E-state index contributed by atoms with van der Waals surface area (Å²) in [5.41, 5.74) is 5.09. The Bertz CT molecular complexity index is 2240. The number of nitrogens with zero attached hydrogens (tertiary/aromatic N) is 7.